The lowest BCUT2D eigenvalue weighted by molar-refractivity contribution is -0.142. The smallest absolute Gasteiger partial charge is 0.351 e. The molecule has 3 aromatic heterocycles. The summed E-state index contributed by atoms with van der Waals surface area (Å²) in [7, 11) is 1.86. The van der Waals surface area contributed by atoms with E-state index in [0.717, 1.165) is 51.0 Å². The first-order valence-corrected chi connectivity index (χ1v) is 13.3. The second kappa shape index (κ2) is 10.5. The summed E-state index contributed by atoms with van der Waals surface area (Å²) >= 11 is 2.33. The van der Waals surface area contributed by atoms with Gasteiger partial charge in [0.15, 0.2) is 11.5 Å². The third-order valence-corrected chi connectivity index (χ3v) is 7.71. The molecule has 5 rings (SSSR count). The number of aryl methyl sites for hydroxylation is 1. The molecule has 0 amide bonds. The van der Waals surface area contributed by atoms with E-state index >= 15 is 0 Å². The van der Waals surface area contributed by atoms with E-state index in [0.29, 0.717) is 13.0 Å². The second-order valence-corrected chi connectivity index (χ2v) is 9.88. The molecule has 0 aliphatic carbocycles. The van der Waals surface area contributed by atoms with E-state index in [4.69, 9.17) is 0 Å². The first-order chi connectivity index (χ1) is 17.8. The van der Waals surface area contributed by atoms with Gasteiger partial charge in [0.05, 0.1) is 5.69 Å². The highest BCUT2D eigenvalue weighted by Crippen LogP contribution is 2.35. The number of nitrogens with one attached hydrogen (secondary N) is 1. The number of anilines is 1. The van der Waals surface area contributed by atoms with Crippen molar-refractivity contribution in [3.63, 3.8) is 0 Å². The van der Waals surface area contributed by atoms with Crippen LogP contribution >= 0.6 is 22.6 Å². The topological polar surface area (TPSA) is 71.8 Å². The van der Waals surface area contributed by atoms with Gasteiger partial charge in [0.1, 0.15) is 5.69 Å². The molecule has 2 atom stereocenters. The molecular formula is C25H24F4IN7. The Hall–Kier alpha value is -2.87. The van der Waals surface area contributed by atoms with Crippen molar-refractivity contribution in [2.24, 2.45) is 7.05 Å². The standard InChI is InChI=1S/C25H24F4IN7/c1-36-20(8-10-32-36)22-18-4-2-3-5-19(18)24(35-34-22)37-11-9-16(12-17(37)13-30)31-14-15-6-7-21(26)33-23(15)25(27,28)29/h2-8,10,16-17,31H,9,11-14H2,1H3. The number of aromatic nitrogens is 5. The van der Waals surface area contributed by atoms with Gasteiger partial charge in [0, 0.05) is 53.6 Å². The highest BCUT2D eigenvalue weighted by Gasteiger charge is 2.36. The lowest BCUT2D eigenvalue weighted by Crippen LogP contribution is -2.50. The fourth-order valence-corrected chi connectivity index (χ4v) is 5.70. The Balaban J connectivity index is 1.36. The molecule has 1 N–H and O–H groups in total. The van der Waals surface area contributed by atoms with Gasteiger partial charge in [0.25, 0.3) is 0 Å². The Morgan fingerprint density at radius 3 is 2.57 bits per heavy atom. The van der Waals surface area contributed by atoms with Gasteiger partial charge in [-0.1, -0.05) is 52.9 Å². The average molecular weight is 625 g/mol. The monoisotopic (exact) mass is 625 g/mol. The Labute approximate surface area is 224 Å². The maximum atomic E-state index is 13.4. The number of pyridine rings is 1. The predicted octanol–water partition coefficient (Wildman–Crippen LogP) is 5.15. The van der Waals surface area contributed by atoms with Crippen LogP contribution in [0, 0.1) is 5.95 Å². The summed E-state index contributed by atoms with van der Waals surface area (Å²) in [5.74, 6) is -0.346. The summed E-state index contributed by atoms with van der Waals surface area (Å²) in [6, 6.07) is 12.1. The van der Waals surface area contributed by atoms with Crippen molar-refractivity contribution in [3.8, 4) is 11.4 Å². The Kier molecular flexibility index (Phi) is 7.30. The Bertz CT molecular complexity index is 1410. The van der Waals surface area contributed by atoms with Gasteiger partial charge in [-0.2, -0.15) is 22.7 Å². The molecule has 0 bridgehead atoms. The van der Waals surface area contributed by atoms with Crippen molar-refractivity contribution in [2.45, 2.75) is 37.6 Å². The van der Waals surface area contributed by atoms with Crippen LogP contribution in [0.2, 0.25) is 0 Å². The SMILES string of the molecule is Cn1nccc1-c1nnc(N2CCC(NCc3ccc(F)nc3C(F)(F)F)CC2CI)c2ccccc12. The van der Waals surface area contributed by atoms with Crippen molar-refractivity contribution >= 4 is 39.2 Å². The third kappa shape index (κ3) is 5.26. The van der Waals surface area contributed by atoms with Crippen LogP contribution in [0.1, 0.15) is 24.1 Å². The van der Waals surface area contributed by atoms with Gasteiger partial charge in [-0.3, -0.25) is 4.68 Å². The predicted molar refractivity (Wildman–Crippen MR) is 141 cm³/mol. The number of nitrogens with zero attached hydrogens (tertiary/aromatic N) is 6. The molecule has 1 aliphatic rings. The first-order valence-electron chi connectivity index (χ1n) is 11.8. The molecule has 4 heterocycles. The number of hydrogen-bond acceptors (Lipinski definition) is 6. The van der Waals surface area contributed by atoms with E-state index in [2.05, 4.69) is 53.1 Å². The summed E-state index contributed by atoms with van der Waals surface area (Å²) in [5.41, 5.74) is 0.385. The van der Waals surface area contributed by atoms with Crippen LogP contribution in [0.25, 0.3) is 22.2 Å². The summed E-state index contributed by atoms with van der Waals surface area (Å²) in [6.07, 6.45) is -1.56. The van der Waals surface area contributed by atoms with Gasteiger partial charge < -0.3 is 10.2 Å². The minimum atomic E-state index is -4.71. The van der Waals surface area contributed by atoms with Crippen LogP contribution in [0.4, 0.5) is 23.4 Å². The van der Waals surface area contributed by atoms with Crippen molar-refractivity contribution in [2.75, 3.05) is 15.9 Å². The van der Waals surface area contributed by atoms with Crippen molar-refractivity contribution < 1.29 is 17.6 Å². The van der Waals surface area contributed by atoms with Crippen molar-refractivity contribution in [1.29, 1.82) is 0 Å². The zero-order valence-corrected chi connectivity index (χ0v) is 22.0. The van der Waals surface area contributed by atoms with Crippen LogP contribution in [-0.2, 0) is 19.8 Å². The van der Waals surface area contributed by atoms with E-state index in [1.54, 1.807) is 10.9 Å². The van der Waals surface area contributed by atoms with E-state index in [1.165, 1.54) is 0 Å². The molecule has 1 saturated heterocycles. The summed E-state index contributed by atoms with van der Waals surface area (Å²) in [6.45, 7) is 0.631. The first kappa shape index (κ1) is 25.8. The van der Waals surface area contributed by atoms with Crippen molar-refractivity contribution in [1.82, 2.24) is 30.3 Å². The maximum Gasteiger partial charge on any atom is 0.433 e. The van der Waals surface area contributed by atoms with Gasteiger partial charge in [-0.05, 0) is 30.5 Å². The minimum absolute atomic E-state index is 0.00454. The third-order valence-electron chi connectivity index (χ3n) is 6.69. The number of alkyl halides is 4. The van der Waals surface area contributed by atoms with Gasteiger partial charge in [-0.25, -0.2) is 4.98 Å². The minimum Gasteiger partial charge on any atom is -0.351 e. The molecular weight excluding hydrogens is 601 g/mol. The number of fused-ring (bicyclic) bond motifs is 1. The number of piperidine rings is 1. The molecule has 0 spiro atoms. The van der Waals surface area contributed by atoms with Crippen LogP contribution in [0.5, 0.6) is 0 Å². The molecule has 0 radical (unpaired) electrons. The summed E-state index contributed by atoms with van der Waals surface area (Å²) in [4.78, 5) is 5.33. The molecule has 12 heteroatoms. The Morgan fingerprint density at radius 2 is 1.86 bits per heavy atom. The van der Waals surface area contributed by atoms with Crippen LogP contribution < -0.4 is 10.2 Å². The number of benzene rings is 1. The van der Waals surface area contributed by atoms with E-state index in [1.807, 2.05) is 37.4 Å². The molecule has 0 saturated carbocycles. The highest BCUT2D eigenvalue weighted by atomic mass is 127. The number of hydrogen-bond donors (Lipinski definition) is 1. The molecule has 2 unspecified atom stereocenters. The molecule has 4 aromatic rings. The van der Waals surface area contributed by atoms with E-state index < -0.39 is 17.8 Å². The summed E-state index contributed by atoms with van der Waals surface area (Å²) in [5, 5.41) is 18.7. The zero-order chi connectivity index (χ0) is 26.2. The molecule has 1 aliphatic heterocycles. The molecule has 1 fully saturated rings. The number of halogens is 5. The van der Waals surface area contributed by atoms with Gasteiger partial charge in [-0.15, -0.1) is 10.2 Å². The normalized spacial score (nSPS) is 18.5. The molecule has 194 valence electrons. The lowest BCUT2D eigenvalue weighted by atomic mass is 9.97. The van der Waals surface area contributed by atoms with E-state index in [-0.39, 0.29) is 24.2 Å². The highest BCUT2D eigenvalue weighted by molar-refractivity contribution is 14.1. The fourth-order valence-electron chi connectivity index (χ4n) is 4.87. The largest absolute Gasteiger partial charge is 0.433 e. The van der Waals surface area contributed by atoms with E-state index in [9.17, 15) is 17.6 Å². The fraction of sp³-hybridized carbons (Fsp3) is 0.360. The van der Waals surface area contributed by atoms with Gasteiger partial charge >= 0.3 is 6.18 Å². The summed E-state index contributed by atoms with van der Waals surface area (Å²) < 4.78 is 55.9. The quantitative estimate of drug-likeness (QED) is 0.139. The van der Waals surface area contributed by atoms with Crippen molar-refractivity contribution in [3.05, 3.63) is 65.9 Å². The Morgan fingerprint density at radius 1 is 1.08 bits per heavy atom. The van der Waals surface area contributed by atoms with Crippen LogP contribution in [-0.4, -0.2) is 48.0 Å². The van der Waals surface area contributed by atoms with Crippen LogP contribution in [0.15, 0.2) is 48.7 Å². The van der Waals surface area contributed by atoms with Crippen LogP contribution in [0.3, 0.4) is 0 Å². The lowest BCUT2D eigenvalue weighted by Gasteiger charge is -2.40. The molecule has 7 nitrogen and oxygen atoms in total. The molecule has 37 heavy (non-hydrogen) atoms. The number of rotatable bonds is 6. The second-order valence-electron chi connectivity index (χ2n) is 9.00. The maximum absolute atomic E-state index is 13.4. The molecule has 1 aromatic carbocycles. The average Bonchev–Trinajstić information content (AvgIpc) is 3.32. The van der Waals surface area contributed by atoms with Gasteiger partial charge in [0.2, 0.25) is 5.95 Å². The zero-order valence-electron chi connectivity index (χ0n) is 19.9.